The fourth-order valence-electron chi connectivity index (χ4n) is 5.22. The molecule has 1 atom stereocenters. The summed E-state index contributed by atoms with van der Waals surface area (Å²) < 4.78 is 11.4. The molecule has 0 fully saturated rings. The Kier molecular flexibility index (Phi) is 26.4. The van der Waals surface area contributed by atoms with Crippen LogP contribution < -0.4 is 22.7 Å². The number of aryl methyl sites for hydroxylation is 4. The van der Waals surface area contributed by atoms with Crippen molar-refractivity contribution in [1.82, 2.24) is 0 Å². The summed E-state index contributed by atoms with van der Waals surface area (Å²) in [5, 5.41) is 28.9. The quantitative estimate of drug-likeness (QED) is 0.0486. The molecule has 15 heteroatoms. The molecule has 8 nitrogen and oxygen atoms in total. The third-order valence-corrected chi connectivity index (χ3v) is 9.93. The Balaban J connectivity index is 0.000000532. The molecular formula is C44H50I5O8S2-. The molecule has 0 heterocycles. The molecule has 3 N–H and O–H groups in total. The van der Waals surface area contributed by atoms with Crippen LogP contribution in [0.25, 0.3) is 12.2 Å². The second-order valence-electron chi connectivity index (χ2n) is 13.9. The van der Waals surface area contributed by atoms with E-state index in [9.17, 15) is 29.7 Å². The molecule has 322 valence electrons. The molecule has 0 spiro atoms. The van der Waals surface area contributed by atoms with Crippen molar-refractivity contribution >= 4 is 128 Å². The van der Waals surface area contributed by atoms with Crippen molar-refractivity contribution in [3.05, 3.63) is 129 Å². The van der Waals surface area contributed by atoms with E-state index in [1.807, 2.05) is 119 Å². The van der Waals surface area contributed by atoms with Gasteiger partial charge in [-0.1, -0.05) is 30.4 Å². The van der Waals surface area contributed by atoms with Crippen molar-refractivity contribution < 1.29 is 52.4 Å². The van der Waals surface area contributed by atoms with Crippen LogP contribution in [0.5, 0.6) is 11.5 Å². The number of benzene rings is 4. The van der Waals surface area contributed by atoms with Gasteiger partial charge < -0.3 is 24.8 Å². The van der Waals surface area contributed by atoms with Crippen LogP contribution in [0.2, 0.25) is 0 Å². The van der Waals surface area contributed by atoms with Gasteiger partial charge in [-0.05, 0) is 174 Å². The van der Waals surface area contributed by atoms with Crippen LogP contribution in [-0.4, -0.2) is 56.8 Å². The first kappa shape index (κ1) is 55.9. The van der Waals surface area contributed by atoms with Gasteiger partial charge in [-0.25, -0.2) is 9.59 Å². The summed E-state index contributed by atoms with van der Waals surface area (Å²) in [4.78, 5) is 37.2. The van der Waals surface area contributed by atoms with Crippen LogP contribution in [0.15, 0.2) is 94.7 Å². The molecule has 0 saturated heterocycles. The first-order chi connectivity index (χ1) is 27.7. The topological polar surface area (TPSA) is 130 Å². The molecule has 0 aliphatic carbocycles. The summed E-state index contributed by atoms with van der Waals surface area (Å²) in [6.07, 6.45) is 10.2. The minimum atomic E-state index is -1.31. The van der Waals surface area contributed by atoms with E-state index in [0.717, 1.165) is 48.7 Å². The van der Waals surface area contributed by atoms with Gasteiger partial charge in [0.05, 0.1) is 6.10 Å². The average molecular weight is 1410 g/mol. The zero-order valence-corrected chi connectivity index (χ0v) is 46.8. The number of hydrogen-bond acceptors (Lipinski definition) is 8. The number of carboxylic acids is 2. The van der Waals surface area contributed by atoms with Gasteiger partial charge in [-0.3, -0.25) is 4.79 Å². The third kappa shape index (κ3) is 19.0. The maximum absolute atomic E-state index is 12.3. The number of ether oxygens (including phenoxy) is 2. The molecule has 0 saturated carbocycles. The Labute approximate surface area is 410 Å². The number of thioether (sulfide) groups is 2. The van der Waals surface area contributed by atoms with E-state index in [1.54, 1.807) is 41.8 Å². The zero-order valence-electron chi connectivity index (χ0n) is 34.4. The average Bonchev–Trinajstić information content (AvgIpc) is 3.20. The number of aliphatic carboxylic acids is 2. The molecule has 0 aromatic heterocycles. The molecule has 0 radical (unpaired) electrons. The van der Waals surface area contributed by atoms with E-state index in [-0.39, 0.29) is 5.78 Å². The summed E-state index contributed by atoms with van der Waals surface area (Å²) >= 11 is 12.8. The van der Waals surface area contributed by atoms with E-state index >= 15 is 0 Å². The summed E-state index contributed by atoms with van der Waals surface area (Å²) in [6.45, 7) is 13.6. The molecule has 0 aliphatic rings. The Morgan fingerprint density at radius 2 is 1.00 bits per heavy atom. The number of hydrogen-bond donors (Lipinski definition) is 3. The van der Waals surface area contributed by atoms with Crippen LogP contribution in [0, 0.1) is 27.7 Å². The number of carbonyl (C=O) groups is 3. The van der Waals surface area contributed by atoms with Crippen molar-refractivity contribution in [3.8, 4) is 11.5 Å². The van der Waals surface area contributed by atoms with Gasteiger partial charge in [0.15, 0.2) is 17.0 Å². The van der Waals surface area contributed by atoms with Gasteiger partial charge in [0.1, 0.15) is 11.5 Å². The van der Waals surface area contributed by atoms with Crippen LogP contribution in [0.4, 0.5) is 0 Å². The summed E-state index contributed by atoms with van der Waals surface area (Å²) in [6, 6.07) is 22.9. The van der Waals surface area contributed by atoms with Crippen LogP contribution >= 0.6 is 98.0 Å². The first-order valence-electron chi connectivity index (χ1n) is 17.6. The number of carbonyl (C=O) groups excluding carboxylic acids is 1. The predicted molar refractivity (Wildman–Crippen MR) is 276 cm³/mol. The maximum atomic E-state index is 12.3. The number of carboxylic acid groups (broad SMARTS) is 2. The van der Waals surface area contributed by atoms with Gasteiger partial charge in [-0.15, -0.1) is 23.5 Å². The molecule has 0 bridgehead atoms. The summed E-state index contributed by atoms with van der Waals surface area (Å²) in [7, 11) is 0. The second-order valence-corrected chi connectivity index (χ2v) is 31.9. The molecule has 0 aliphatic heterocycles. The third-order valence-electron chi connectivity index (χ3n) is 8.44. The summed E-state index contributed by atoms with van der Waals surface area (Å²) in [5.41, 5.74) is 3.98. The van der Waals surface area contributed by atoms with Crippen LogP contribution in [-0.2, 0) is 9.59 Å². The van der Waals surface area contributed by atoms with Crippen molar-refractivity contribution in [1.29, 1.82) is 0 Å². The monoisotopic (exact) mass is 1400 g/mol. The standard InChI is InChI=1S/C22H26O4S.C22H24O4S.I3.I2/c2*1-14-12-16(13-15(2)20(14)26-22(3,4)21(24)25)6-11-19(23)17-7-9-18(27-5)10-8-17;1-3-2;1-2/h6-13,19,23H,1-5H3,(H,24,25);6-13H,1-5H3,(H,24,25);;/q;;-1;/b2*11-6+;;. The van der Waals surface area contributed by atoms with E-state index < -0.39 is 29.2 Å². The van der Waals surface area contributed by atoms with E-state index in [0.29, 0.717) is 30.3 Å². The van der Waals surface area contributed by atoms with Gasteiger partial charge in [0.2, 0.25) is 0 Å². The fraction of sp³-hybridized carbons (Fsp3) is 0.295. The Morgan fingerprint density at radius 1 is 0.661 bits per heavy atom. The number of ketones is 1. The van der Waals surface area contributed by atoms with Crippen molar-refractivity contribution in [2.75, 3.05) is 12.5 Å². The van der Waals surface area contributed by atoms with Gasteiger partial charge in [0, 0.05) is 52.6 Å². The molecule has 1 unspecified atom stereocenters. The van der Waals surface area contributed by atoms with E-state index in [1.165, 1.54) is 27.7 Å². The molecule has 0 amide bonds. The van der Waals surface area contributed by atoms with Crippen LogP contribution in [0.3, 0.4) is 0 Å². The predicted octanol–water partition coefficient (Wildman–Crippen LogP) is 10.7. The Morgan fingerprint density at radius 3 is 1.34 bits per heavy atom. The molecule has 59 heavy (non-hydrogen) atoms. The first-order valence-corrected chi connectivity index (χ1v) is 39.0. The number of allylic oxidation sites excluding steroid dienone is 1. The van der Waals surface area contributed by atoms with Gasteiger partial charge in [-0.2, -0.15) is 0 Å². The fourth-order valence-corrected chi connectivity index (χ4v) is 6.03. The van der Waals surface area contributed by atoms with Crippen LogP contribution in [0.1, 0.15) is 83.1 Å². The van der Waals surface area contributed by atoms with Gasteiger partial charge >= 0.3 is 62.4 Å². The van der Waals surface area contributed by atoms with E-state index in [4.69, 9.17) is 9.47 Å². The number of rotatable bonds is 14. The second kappa shape index (κ2) is 27.8. The minimum absolute atomic E-state index is 0.0645. The number of halogens is 5. The van der Waals surface area contributed by atoms with E-state index in [2.05, 4.69) is 74.5 Å². The molecular weight excluding hydrogens is 1360 g/mol. The van der Waals surface area contributed by atoms with Gasteiger partial charge in [0.25, 0.3) is 0 Å². The van der Waals surface area contributed by atoms with Crippen molar-refractivity contribution in [2.45, 2.75) is 82.5 Å². The van der Waals surface area contributed by atoms with Crippen molar-refractivity contribution in [2.24, 2.45) is 0 Å². The molecule has 4 rings (SSSR count). The van der Waals surface area contributed by atoms with Crippen molar-refractivity contribution in [3.63, 3.8) is 0 Å². The normalized spacial score (nSPS) is 11.7. The SMILES string of the molecule is CSc1ccc(C(=O)/C=C/c2cc(C)c(OC(C)(C)C(=O)O)c(C)c2)cc1.CSc1ccc(C(O)/C=C/c2cc(C)c(OC(C)(C)C(=O)O)c(C)c2)cc1.II.I[I-]I. The summed E-state index contributed by atoms with van der Waals surface area (Å²) in [5.74, 6) is -0.971. The molecule has 4 aromatic carbocycles. The Hall–Kier alpha value is -1.12. The molecule has 4 aromatic rings. The number of aliphatic hydroxyl groups excluding tert-OH is 1. The number of aliphatic hydroxyl groups is 1. The zero-order chi connectivity index (χ0) is 45.1. The Bertz CT molecular complexity index is 2010.